The van der Waals surface area contributed by atoms with Crippen LogP contribution in [0, 0.1) is 5.92 Å². The van der Waals surface area contributed by atoms with Crippen molar-refractivity contribution in [2.45, 2.75) is 71.9 Å². The standard InChI is InChI=1S/C20H31NO4S/c1-4-16(3)21(20(22)18-9-7-6-8-10-18)15-17-11-13-19(14-12-17)25-26(23,24)5-2/h11-14,16,18H,4-10,15H2,1-3H3. The molecule has 1 aromatic rings. The van der Waals surface area contributed by atoms with Gasteiger partial charge in [0.2, 0.25) is 5.91 Å². The molecule has 6 heteroatoms. The van der Waals surface area contributed by atoms with Crippen molar-refractivity contribution in [3.8, 4) is 5.75 Å². The van der Waals surface area contributed by atoms with Gasteiger partial charge in [0, 0.05) is 18.5 Å². The van der Waals surface area contributed by atoms with Gasteiger partial charge in [-0.1, -0.05) is 38.3 Å². The number of hydrogen-bond acceptors (Lipinski definition) is 4. The van der Waals surface area contributed by atoms with Gasteiger partial charge in [-0.2, -0.15) is 8.42 Å². The summed E-state index contributed by atoms with van der Waals surface area (Å²) in [6.45, 7) is 6.28. The number of amides is 1. The highest BCUT2D eigenvalue weighted by Crippen LogP contribution is 2.27. The molecule has 146 valence electrons. The maximum atomic E-state index is 13.0. The van der Waals surface area contributed by atoms with E-state index >= 15 is 0 Å². The van der Waals surface area contributed by atoms with Crippen LogP contribution in [0.3, 0.4) is 0 Å². The van der Waals surface area contributed by atoms with Crippen molar-refractivity contribution < 1.29 is 17.4 Å². The van der Waals surface area contributed by atoms with Gasteiger partial charge < -0.3 is 9.08 Å². The van der Waals surface area contributed by atoms with Crippen molar-refractivity contribution >= 4 is 16.0 Å². The molecule has 5 nitrogen and oxygen atoms in total. The summed E-state index contributed by atoms with van der Waals surface area (Å²) >= 11 is 0. The Morgan fingerprint density at radius 2 is 1.77 bits per heavy atom. The fourth-order valence-electron chi connectivity index (χ4n) is 3.31. The van der Waals surface area contributed by atoms with Gasteiger partial charge in [-0.15, -0.1) is 0 Å². The van der Waals surface area contributed by atoms with Crippen LogP contribution in [0.1, 0.15) is 64.9 Å². The smallest absolute Gasteiger partial charge is 0.308 e. The molecule has 0 spiro atoms. The summed E-state index contributed by atoms with van der Waals surface area (Å²) in [6, 6.07) is 7.17. The summed E-state index contributed by atoms with van der Waals surface area (Å²) in [5, 5.41) is 0. The molecule has 0 N–H and O–H groups in total. The highest BCUT2D eigenvalue weighted by molar-refractivity contribution is 7.87. The van der Waals surface area contributed by atoms with Crippen LogP contribution in [0.15, 0.2) is 24.3 Å². The lowest BCUT2D eigenvalue weighted by molar-refractivity contribution is -0.139. The quantitative estimate of drug-likeness (QED) is 0.635. The number of carbonyl (C=O) groups is 1. The van der Waals surface area contributed by atoms with Gasteiger partial charge >= 0.3 is 10.1 Å². The molecule has 0 aliphatic heterocycles. The minimum Gasteiger partial charge on any atom is -0.382 e. The lowest BCUT2D eigenvalue weighted by Gasteiger charge is -2.33. The molecule has 1 aliphatic rings. The molecule has 1 amide bonds. The van der Waals surface area contributed by atoms with Crippen LogP contribution >= 0.6 is 0 Å². The SMILES string of the molecule is CCC(C)N(Cc1ccc(OS(=O)(=O)CC)cc1)C(=O)C1CCCCC1. The number of hydrogen-bond donors (Lipinski definition) is 0. The largest absolute Gasteiger partial charge is 0.382 e. The van der Waals surface area contributed by atoms with Crippen molar-refractivity contribution in [1.82, 2.24) is 4.90 Å². The van der Waals surface area contributed by atoms with E-state index in [1.54, 1.807) is 19.1 Å². The predicted octanol–water partition coefficient (Wildman–Crippen LogP) is 4.12. The minimum atomic E-state index is -3.52. The summed E-state index contributed by atoms with van der Waals surface area (Å²) in [5.74, 6) is 0.652. The molecule has 0 heterocycles. The van der Waals surface area contributed by atoms with Crippen LogP contribution in [0.2, 0.25) is 0 Å². The van der Waals surface area contributed by atoms with Crippen molar-refractivity contribution in [3.05, 3.63) is 29.8 Å². The van der Waals surface area contributed by atoms with E-state index in [1.165, 1.54) is 6.42 Å². The third-order valence-electron chi connectivity index (χ3n) is 5.21. The molecule has 0 radical (unpaired) electrons. The van der Waals surface area contributed by atoms with E-state index in [4.69, 9.17) is 4.18 Å². The van der Waals surface area contributed by atoms with Crippen molar-refractivity contribution in [2.24, 2.45) is 5.92 Å². The lowest BCUT2D eigenvalue weighted by Crippen LogP contribution is -2.42. The highest BCUT2D eigenvalue weighted by atomic mass is 32.2. The van der Waals surface area contributed by atoms with E-state index in [-0.39, 0.29) is 23.6 Å². The Balaban J connectivity index is 2.09. The zero-order valence-corrected chi connectivity index (χ0v) is 16.9. The Hall–Kier alpha value is -1.56. The normalized spacial score (nSPS) is 16.9. The highest BCUT2D eigenvalue weighted by Gasteiger charge is 2.28. The van der Waals surface area contributed by atoms with Crippen LogP contribution in [-0.4, -0.2) is 31.0 Å². The summed E-state index contributed by atoms with van der Waals surface area (Å²) in [7, 11) is -3.52. The number of carbonyl (C=O) groups excluding carboxylic acids is 1. The zero-order chi connectivity index (χ0) is 19.2. The van der Waals surface area contributed by atoms with Crippen LogP contribution < -0.4 is 4.18 Å². The second-order valence-electron chi connectivity index (χ2n) is 7.13. The number of benzene rings is 1. The Morgan fingerprint density at radius 1 is 1.15 bits per heavy atom. The van der Waals surface area contributed by atoms with Gasteiger partial charge in [0.05, 0.1) is 5.75 Å². The third kappa shape index (κ3) is 5.73. The first-order valence-electron chi connectivity index (χ1n) is 9.67. The van der Waals surface area contributed by atoms with Gasteiger partial charge in [-0.25, -0.2) is 0 Å². The van der Waals surface area contributed by atoms with Crippen molar-refractivity contribution in [3.63, 3.8) is 0 Å². The van der Waals surface area contributed by atoms with E-state index in [9.17, 15) is 13.2 Å². The topological polar surface area (TPSA) is 63.7 Å². The van der Waals surface area contributed by atoms with E-state index < -0.39 is 10.1 Å². The molecule has 0 saturated heterocycles. The molecule has 1 aliphatic carbocycles. The average molecular weight is 382 g/mol. The Morgan fingerprint density at radius 3 is 2.31 bits per heavy atom. The van der Waals surface area contributed by atoms with E-state index in [0.717, 1.165) is 37.7 Å². The van der Waals surface area contributed by atoms with Gasteiger partial charge in [0.15, 0.2) is 0 Å². The maximum absolute atomic E-state index is 13.0. The third-order valence-corrected chi connectivity index (χ3v) is 6.37. The van der Waals surface area contributed by atoms with Gasteiger partial charge in [0.25, 0.3) is 0 Å². The molecule has 1 atom stereocenters. The molecule has 1 unspecified atom stereocenters. The molecular formula is C20H31NO4S. The fraction of sp³-hybridized carbons (Fsp3) is 0.650. The second-order valence-corrected chi connectivity index (χ2v) is 8.99. The molecule has 1 saturated carbocycles. The molecule has 26 heavy (non-hydrogen) atoms. The number of rotatable bonds is 8. The van der Waals surface area contributed by atoms with Gasteiger partial charge in [0.1, 0.15) is 5.75 Å². The Kier molecular flexibility index (Phi) is 7.50. The van der Waals surface area contributed by atoms with Crippen LogP contribution in [0.4, 0.5) is 0 Å². The van der Waals surface area contributed by atoms with Crippen LogP contribution in [-0.2, 0) is 21.5 Å². The minimum absolute atomic E-state index is 0.0631. The van der Waals surface area contributed by atoms with Crippen molar-refractivity contribution in [2.75, 3.05) is 5.75 Å². The van der Waals surface area contributed by atoms with Crippen molar-refractivity contribution in [1.29, 1.82) is 0 Å². The first kappa shape index (κ1) is 20.7. The second kappa shape index (κ2) is 9.40. The van der Waals surface area contributed by atoms with Gasteiger partial charge in [-0.3, -0.25) is 4.79 Å². The van der Waals surface area contributed by atoms with Gasteiger partial charge in [-0.05, 0) is 50.8 Å². The van der Waals surface area contributed by atoms with E-state index in [2.05, 4.69) is 13.8 Å². The molecule has 2 rings (SSSR count). The van der Waals surface area contributed by atoms with E-state index in [0.29, 0.717) is 12.3 Å². The summed E-state index contributed by atoms with van der Waals surface area (Å²) < 4.78 is 28.1. The molecule has 0 aromatic heterocycles. The Labute approximate surface area is 157 Å². The summed E-state index contributed by atoms with van der Waals surface area (Å²) in [5.41, 5.74) is 0.982. The zero-order valence-electron chi connectivity index (χ0n) is 16.1. The number of nitrogens with zero attached hydrogens (tertiary/aromatic N) is 1. The lowest BCUT2D eigenvalue weighted by atomic mass is 9.87. The first-order valence-corrected chi connectivity index (χ1v) is 11.3. The van der Waals surface area contributed by atoms with Crippen LogP contribution in [0.5, 0.6) is 5.75 Å². The summed E-state index contributed by atoms with van der Waals surface area (Å²) in [6.07, 6.45) is 6.41. The summed E-state index contributed by atoms with van der Waals surface area (Å²) in [4.78, 5) is 15.0. The predicted molar refractivity (Wildman–Crippen MR) is 103 cm³/mol. The first-order chi connectivity index (χ1) is 12.4. The Bertz CT molecular complexity index is 678. The van der Waals surface area contributed by atoms with E-state index in [1.807, 2.05) is 17.0 Å². The molecule has 1 aromatic carbocycles. The maximum Gasteiger partial charge on any atom is 0.308 e. The molecule has 0 bridgehead atoms. The fourth-order valence-corrected chi connectivity index (χ4v) is 3.83. The average Bonchev–Trinajstić information content (AvgIpc) is 2.66. The monoisotopic (exact) mass is 381 g/mol. The molecule has 1 fully saturated rings. The van der Waals surface area contributed by atoms with Crippen LogP contribution in [0.25, 0.3) is 0 Å². The molecular weight excluding hydrogens is 350 g/mol.